The average Bonchev–Trinajstić information content (AvgIpc) is 2.35. The first kappa shape index (κ1) is 13.2. The minimum Gasteiger partial charge on any atom is -0.481 e. The summed E-state index contributed by atoms with van der Waals surface area (Å²) in [6.07, 6.45) is -1.65. The summed E-state index contributed by atoms with van der Waals surface area (Å²) in [5.41, 5.74) is 0.490. The van der Waals surface area contributed by atoms with Crippen LogP contribution in [0.5, 0.6) is 0 Å². The number of carboxylic acid groups (broad SMARTS) is 1. The number of aliphatic hydroxyl groups excluding tert-OH is 1. The third-order valence-corrected chi connectivity index (χ3v) is 2.42. The van der Waals surface area contributed by atoms with Crippen LogP contribution in [-0.2, 0) is 14.3 Å². The minimum absolute atomic E-state index is 0.470. The quantitative estimate of drug-likeness (QED) is 0.747. The summed E-state index contributed by atoms with van der Waals surface area (Å²) >= 11 is 0. The van der Waals surface area contributed by atoms with Crippen molar-refractivity contribution in [2.45, 2.75) is 12.5 Å². The Hall–Kier alpha value is -1.88. The Morgan fingerprint density at radius 2 is 1.88 bits per heavy atom. The summed E-state index contributed by atoms with van der Waals surface area (Å²) < 4.78 is 4.49. The van der Waals surface area contributed by atoms with Crippen molar-refractivity contribution < 1.29 is 24.5 Å². The second-order valence-electron chi connectivity index (χ2n) is 3.58. The van der Waals surface area contributed by atoms with Gasteiger partial charge in [-0.3, -0.25) is 9.59 Å². The van der Waals surface area contributed by atoms with E-state index in [1.165, 1.54) is 0 Å². The third-order valence-electron chi connectivity index (χ3n) is 2.42. The second kappa shape index (κ2) is 6.00. The molecule has 92 valence electrons. The van der Waals surface area contributed by atoms with Crippen LogP contribution in [0.2, 0.25) is 0 Å². The van der Waals surface area contributed by atoms with E-state index >= 15 is 0 Å². The third kappa shape index (κ3) is 3.57. The van der Waals surface area contributed by atoms with Crippen LogP contribution in [0.25, 0.3) is 0 Å². The van der Waals surface area contributed by atoms with Gasteiger partial charge in [-0.2, -0.15) is 0 Å². The van der Waals surface area contributed by atoms with Crippen molar-refractivity contribution in [3.63, 3.8) is 0 Å². The van der Waals surface area contributed by atoms with Gasteiger partial charge in [0.1, 0.15) is 0 Å². The zero-order valence-corrected chi connectivity index (χ0v) is 9.37. The predicted octanol–water partition coefficient (Wildman–Crippen LogP) is 0.984. The number of rotatable bonds is 5. The van der Waals surface area contributed by atoms with E-state index < -0.39 is 30.4 Å². The van der Waals surface area contributed by atoms with E-state index in [2.05, 4.69) is 4.74 Å². The highest BCUT2D eigenvalue weighted by Crippen LogP contribution is 2.25. The van der Waals surface area contributed by atoms with E-state index in [-0.39, 0.29) is 0 Å². The predicted molar refractivity (Wildman–Crippen MR) is 59.2 cm³/mol. The number of ether oxygens (including phenoxy) is 1. The van der Waals surface area contributed by atoms with Crippen LogP contribution in [0.1, 0.15) is 18.1 Å². The largest absolute Gasteiger partial charge is 0.481 e. The van der Waals surface area contributed by atoms with Gasteiger partial charge in [0, 0.05) is 0 Å². The van der Waals surface area contributed by atoms with Crippen molar-refractivity contribution >= 4 is 11.9 Å². The van der Waals surface area contributed by atoms with Gasteiger partial charge in [-0.25, -0.2) is 0 Å². The molecule has 1 aromatic carbocycles. The summed E-state index contributed by atoms with van der Waals surface area (Å²) in [7, 11) is 1.16. The topological polar surface area (TPSA) is 83.8 Å². The number of carbonyl (C=O) groups excluding carboxylic acids is 1. The van der Waals surface area contributed by atoms with E-state index in [4.69, 9.17) is 5.11 Å². The van der Waals surface area contributed by atoms with Crippen LogP contribution >= 0.6 is 0 Å². The van der Waals surface area contributed by atoms with Crippen molar-refractivity contribution in [2.75, 3.05) is 7.11 Å². The van der Waals surface area contributed by atoms with Crippen LogP contribution in [0.4, 0.5) is 0 Å². The van der Waals surface area contributed by atoms with Gasteiger partial charge in [-0.1, -0.05) is 30.3 Å². The van der Waals surface area contributed by atoms with Crippen LogP contribution in [-0.4, -0.2) is 29.3 Å². The van der Waals surface area contributed by atoms with Gasteiger partial charge in [0.2, 0.25) is 0 Å². The minimum atomic E-state index is -1.18. The molecule has 0 saturated heterocycles. The fraction of sp³-hybridized carbons (Fsp3) is 0.333. The number of hydrogen-bond donors (Lipinski definition) is 2. The van der Waals surface area contributed by atoms with E-state index in [9.17, 15) is 14.7 Å². The molecule has 0 aromatic heterocycles. The lowest BCUT2D eigenvalue weighted by molar-refractivity contribution is -0.155. The molecule has 0 saturated carbocycles. The molecule has 2 atom stereocenters. The number of carbonyl (C=O) groups is 2. The van der Waals surface area contributed by atoms with E-state index in [1.807, 2.05) is 0 Å². The molecule has 1 rings (SSSR count). The molecule has 0 fully saturated rings. The average molecular weight is 238 g/mol. The lowest BCUT2D eigenvalue weighted by atomic mass is 9.93. The number of methoxy groups -OCH3 is 1. The Bertz CT molecular complexity index is 387. The molecule has 0 aliphatic heterocycles. The molecular formula is C12H14O5. The zero-order valence-electron chi connectivity index (χ0n) is 9.37. The monoisotopic (exact) mass is 238 g/mol. The van der Waals surface area contributed by atoms with Crippen molar-refractivity contribution in [2.24, 2.45) is 5.92 Å². The van der Waals surface area contributed by atoms with Crippen molar-refractivity contribution in [3.8, 4) is 0 Å². The van der Waals surface area contributed by atoms with E-state index in [0.29, 0.717) is 5.56 Å². The number of esters is 1. The van der Waals surface area contributed by atoms with E-state index in [0.717, 1.165) is 7.11 Å². The molecular weight excluding hydrogens is 224 g/mol. The molecule has 2 N–H and O–H groups in total. The smallest absolute Gasteiger partial charge is 0.312 e. The summed E-state index contributed by atoms with van der Waals surface area (Å²) in [6.45, 7) is 0. The maximum Gasteiger partial charge on any atom is 0.312 e. The summed E-state index contributed by atoms with van der Waals surface area (Å²) in [5, 5.41) is 18.7. The molecule has 2 unspecified atom stereocenters. The fourth-order valence-corrected chi connectivity index (χ4v) is 1.55. The molecule has 5 nitrogen and oxygen atoms in total. The van der Waals surface area contributed by atoms with Crippen LogP contribution in [0.15, 0.2) is 30.3 Å². The highest BCUT2D eigenvalue weighted by atomic mass is 16.5. The summed E-state index contributed by atoms with van der Waals surface area (Å²) in [5.74, 6) is -2.99. The van der Waals surface area contributed by atoms with Crippen LogP contribution in [0.3, 0.4) is 0 Å². The molecule has 0 spiro atoms. The molecule has 0 radical (unpaired) electrons. The maximum absolute atomic E-state index is 11.4. The van der Waals surface area contributed by atoms with Gasteiger partial charge < -0.3 is 14.9 Å². The molecule has 0 amide bonds. The lowest BCUT2D eigenvalue weighted by Gasteiger charge is -2.19. The Balaban J connectivity index is 2.90. The lowest BCUT2D eigenvalue weighted by Crippen LogP contribution is -2.26. The fourth-order valence-electron chi connectivity index (χ4n) is 1.55. The number of aliphatic carboxylic acids is 1. The van der Waals surface area contributed by atoms with Gasteiger partial charge in [-0.05, 0) is 5.56 Å². The maximum atomic E-state index is 11.4. The molecule has 17 heavy (non-hydrogen) atoms. The first-order valence-electron chi connectivity index (χ1n) is 5.09. The van der Waals surface area contributed by atoms with Crippen molar-refractivity contribution in [1.29, 1.82) is 0 Å². The van der Waals surface area contributed by atoms with Gasteiger partial charge >= 0.3 is 11.9 Å². The number of carboxylic acids is 1. The Kier molecular flexibility index (Phi) is 4.66. The van der Waals surface area contributed by atoms with Gasteiger partial charge in [0.05, 0.1) is 25.6 Å². The Morgan fingerprint density at radius 1 is 1.29 bits per heavy atom. The number of aliphatic hydroxyl groups is 1. The highest BCUT2D eigenvalue weighted by molar-refractivity contribution is 5.79. The molecule has 5 heteroatoms. The Labute approximate surface area is 98.6 Å². The van der Waals surface area contributed by atoms with Crippen molar-refractivity contribution in [1.82, 2.24) is 0 Å². The van der Waals surface area contributed by atoms with Gasteiger partial charge in [0.25, 0.3) is 0 Å². The molecule has 0 heterocycles. The van der Waals surface area contributed by atoms with E-state index in [1.54, 1.807) is 30.3 Å². The molecule has 0 aliphatic carbocycles. The molecule has 0 bridgehead atoms. The SMILES string of the molecule is COC(=O)C(CC(=O)O)C(O)c1ccccc1. The molecule has 1 aromatic rings. The van der Waals surface area contributed by atoms with Crippen LogP contribution in [0, 0.1) is 5.92 Å². The van der Waals surface area contributed by atoms with Crippen LogP contribution < -0.4 is 0 Å². The highest BCUT2D eigenvalue weighted by Gasteiger charge is 2.31. The summed E-state index contributed by atoms with van der Waals surface area (Å²) in [4.78, 5) is 22.1. The number of hydrogen-bond acceptors (Lipinski definition) is 4. The first-order valence-corrected chi connectivity index (χ1v) is 5.09. The normalized spacial score (nSPS) is 13.8. The van der Waals surface area contributed by atoms with Gasteiger partial charge in [0.15, 0.2) is 0 Å². The standard InChI is InChI=1S/C12H14O5/c1-17-12(16)9(7-10(13)14)11(15)8-5-3-2-4-6-8/h2-6,9,11,15H,7H2,1H3,(H,13,14). The Morgan fingerprint density at radius 3 is 2.35 bits per heavy atom. The van der Waals surface area contributed by atoms with Gasteiger partial charge in [-0.15, -0.1) is 0 Å². The second-order valence-corrected chi connectivity index (χ2v) is 3.58. The first-order chi connectivity index (χ1) is 8.06. The summed E-state index contributed by atoms with van der Waals surface area (Å²) in [6, 6.07) is 8.42. The van der Waals surface area contributed by atoms with Crippen molar-refractivity contribution in [3.05, 3.63) is 35.9 Å². The zero-order chi connectivity index (χ0) is 12.8. The number of benzene rings is 1. The molecule has 0 aliphatic rings.